The molecule has 0 amide bonds. The van der Waals surface area contributed by atoms with Crippen molar-refractivity contribution < 1.29 is 9.90 Å². The second-order valence-electron chi connectivity index (χ2n) is 7.18. The monoisotopic (exact) mass is 440 g/mol. The van der Waals surface area contributed by atoms with Crippen LogP contribution < -0.4 is 5.32 Å². The van der Waals surface area contributed by atoms with Gasteiger partial charge >= 0.3 is 5.97 Å². The van der Waals surface area contributed by atoms with Crippen LogP contribution in [0, 0.1) is 11.3 Å². The first kappa shape index (κ1) is 21.6. The van der Waals surface area contributed by atoms with Crippen molar-refractivity contribution in [1.82, 2.24) is 29.9 Å². The Morgan fingerprint density at radius 3 is 2.64 bits per heavy atom. The first-order valence-corrected chi connectivity index (χ1v) is 10.2. The molecule has 10 heteroatoms. The highest BCUT2D eigenvalue weighted by Gasteiger charge is 2.13. The van der Waals surface area contributed by atoms with E-state index in [1.807, 2.05) is 24.3 Å². The van der Waals surface area contributed by atoms with Gasteiger partial charge in [0.05, 0.1) is 41.5 Å². The lowest BCUT2D eigenvalue weighted by Crippen LogP contribution is -2.14. The van der Waals surface area contributed by atoms with Crippen LogP contribution in [0.3, 0.4) is 0 Å². The standard InChI is InChI=1S/C23H20N8O2/c1-2-17-7-4-8-18(26-17)13-31-14-21(29-30-31)20-10-19(16-6-3-5-15(9-16)11-24)27-23(28-20)25-12-22(32)33/h3-10,14H,2,12-13H2,1H3,(H,32,33)(H,25,27,28). The Morgan fingerprint density at radius 1 is 1.06 bits per heavy atom. The van der Waals surface area contributed by atoms with E-state index in [4.69, 9.17) is 5.11 Å². The van der Waals surface area contributed by atoms with Crippen molar-refractivity contribution in [3.63, 3.8) is 0 Å². The van der Waals surface area contributed by atoms with Gasteiger partial charge in [-0.25, -0.2) is 14.6 Å². The van der Waals surface area contributed by atoms with Crippen molar-refractivity contribution in [2.24, 2.45) is 0 Å². The van der Waals surface area contributed by atoms with Crippen LogP contribution in [0.25, 0.3) is 22.6 Å². The van der Waals surface area contributed by atoms with E-state index in [0.29, 0.717) is 34.8 Å². The Balaban J connectivity index is 1.68. The van der Waals surface area contributed by atoms with E-state index < -0.39 is 5.97 Å². The molecule has 0 atom stereocenters. The summed E-state index contributed by atoms with van der Waals surface area (Å²) in [6.45, 7) is 2.16. The third kappa shape index (κ3) is 5.34. The molecule has 1 aromatic carbocycles. The lowest BCUT2D eigenvalue weighted by atomic mass is 10.1. The van der Waals surface area contributed by atoms with Crippen molar-refractivity contribution in [3.05, 3.63) is 71.7 Å². The minimum absolute atomic E-state index is 0.138. The Hall–Kier alpha value is -4.65. The van der Waals surface area contributed by atoms with Crippen LogP contribution in [0.15, 0.2) is 54.7 Å². The van der Waals surface area contributed by atoms with Crippen molar-refractivity contribution in [2.45, 2.75) is 19.9 Å². The fourth-order valence-corrected chi connectivity index (χ4v) is 3.18. The smallest absolute Gasteiger partial charge is 0.322 e. The maximum atomic E-state index is 11.0. The van der Waals surface area contributed by atoms with Gasteiger partial charge in [0.25, 0.3) is 0 Å². The van der Waals surface area contributed by atoms with Crippen molar-refractivity contribution in [2.75, 3.05) is 11.9 Å². The van der Waals surface area contributed by atoms with Crippen LogP contribution in [0.2, 0.25) is 0 Å². The third-order valence-electron chi connectivity index (χ3n) is 4.76. The highest BCUT2D eigenvalue weighted by molar-refractivity contribution is 5.73. The summed E-state index contributed by atoms with van der Waals surface area (Å²) in [6, 6.07) is 16.7. The van der Waals surface area contributed by atoms with E-state index in [-0.39, 0.29) is 12.5 Å². The van der Waals surface area contributed by atoms with Gasteiger partial charge < -0.3 is 10.4 Å². The third-order valence-corrected chi connectivity index (χ3v) is 4.76. The highest BCUT2D eigenvalue weighted by Crippen LogP contribution is 2.25. The first-order valence-electron chi connectivity index (χ1n) is 10.2. The summed E-state index contributed by atoms with van der Waals surface area (Å²) in [5, 5.41) is 29.3. The van der Waals surface area contributed by atoms with Crippen molar-refractivity contribution >= 4 is 11.9 Å². The topological polar surface area (TPSA) is 142 Å². The summed E-state index contributed by atoms with van der Waals surface area (Å²) >= 11 is 0. The number of aromatic nitrogens is 6. The van der Waals surface area contributed by atoms with E-state index >= 15 is 0 Å². The molecular weight excluding hydrogens is 420 g/mol. The molecule has 0 aliphatic heterocycles. The largest absolute Gasteiger partial charge is 0.480 e. The summed E-state index contributed by atoms with van der Waals surface area (Å²) in [4.78, 5) is 24.4. The van der Waals surface area contributed by atoms with E-state index in [0.717, 1.165) is 17.8 Å². The number of nitriles is 1. The lowest BCUT2D eigenvalue weighted by molar-refractivity contribution is -0.134. The maximum Gasteiger partial charge on any atom is 0.322 e. The summed E-state index contributed by atoms with van der Waals surface area (Å²) in [6.07, 6.45) is 2.60. The minimum atomic E-state index is -1.04. The molecule has 164 valence electrons. The second-order valence-corrected chi connectivity index (χ2v) is 7.18. The predicted octanol–water partition coefficient (Wildman–Crippen LogP) is 2.78. The van der Waals surface area contributed by atoms with Crippen molar-refractivity contribution in [1.29, 1.82) is 5.26 Å². The number of nitrogens with zero attached hydrogens (tertiary/aromatic N) is 7. The van der Waals surface area contributed by atoms with Gasteiger partial charge in [-0.05, 0) is 36.8 Å². The number of aryl methyl sites for hydroxylation is 1. The Labute approximate surface area is 189 Å². The molecule has 4 rings (SSSR count). The molecule has 33 heavy (non-hydrogen) atoms. The normalized spacial score (nSPS) is 10.5. The molecule has 0 bridgehead atoms. The summed E-state index contributed by atoms with van der Waals surface area (Å²) in [5.74, 6) is -0.899. The molecule has 0 saturated heterocycles. The summed E-state index contributed by atoms with van der Waals surface area (Å²) in [7, 11) is 0. The zero-order chi connectivity index (χ0) is 23.2. The molecule has 0 radical (unpaired) electrons. The van der Waals surface area contributed by atoms with Gasteiger partial charge in [0, 0.05) is 11.3 Å². The summed E-state index contributed by atoms with van der Waals surface area (Å²) < 4.78 is 1.67. The zero-order valence-corrected chi connectivity index (χ0v) is 17.8. The number of pyridine rings is 1. The predicted molar refractivity (Wildman–Crippen MR) is 120 cm³/mol. The average molecular weight is 440 g/mol. The maximum absolute atomic E-state index is 11.0. The average Bonchev–Trinajstić information content (AvgIpc) is 3.31. The van der Waals surface area contributed by atoms with Crippen LogP contribution >= 0.6 is 0 Å². The van der Waals surface area contributed by atoms with Crippen LogP contribution in [0.5, 0.6) is 0 Å². The molecule has 0 unspecified atom stereocenters. The van der Waals surface area contributed by atoms with E-state index in [9.17, 15) is 10.1 Å². The van der Waals surface area contributed by atoms with E-state index in [1.165, 1.54) is 0 Å². The molecule has 0 saturated carbocycles. The number of benzene rings is 1. The van der Waals surface area contributed by atoms with Crippen molar-refractivity contribution in [3.8, 4) is 28.7 Å². The minimum Gasteiger partial charge on any atom is -0.480 e. The lowest BCUT2D eigenvalue weighted by Gasteiger charge is -2.08. The molecule has 0 fully saturated rings. The number of hydrogen-bond donors (Lipinski definition) is 2. The number of anilines is 1. The fraction of sp³-hybridized carbons (Fsp3) is 0.174. The number of carboxylic acids is 1. The SMILES string of the molecule is CCc1cccc(Cn2cc(-c3cc(-c4cccc(C#N)c4)nc(NCC(=O)O)n3)nn2)n1. The Bertz CT molecular complexity index is 1340. The second kappa shape index (κ2) is 9.65. The molecule has 3 heterocycles. The number of hydrogen-bond acceptors (Lipinski definition) is 8. The van der Waals surface area contributed by atoms with Gasteiger partial charge in [0.1, 0.15) is 12.2 Å². The summed E-state index contributed by atoms with van der Waals surface area (Å²) in [5.41, 5.74) is 4.55. The number of carbonyl (C=O) groups is 1. The van der Waals surface area contributed by atoms with Crippen LogP contribution in [-0.2, 0) is 17.8 Å². The van der Waals surface area contributed by atoms with Crippen LogP contribution in [0.4, 0.5) is 5.95 Å². The van der Waals surface area contributed by atoms with Gasteiger partial charge in [0.15, 0.2) is 0 Å². The quantitative estimate of drug-likeness (QED) is 0.423. The van der Waals surface area contributed by atoms with Gasteiger partial charge in [-0.1, -0.05) is 30.3 Å². The van der Waals surface area contributed by atoms with E-state index in [1.54, 1.807) is 35.1 Å². The number of carboxylic acid groups (broad SMARTS) is 1. The number of aliphatic carboxylic acids is 1. The van der Waals surface area contributed by atoms with Crippen LogP contribution in [-0.4, -0.2) is 47.6 Å². The van der Waals surface area contributed by atoms with Crippen LogP contribution in [0.1, 0.15) is 23.9 Å². The fourth-order valence-electron chi connectivity index (χ4n) is 3.18. The molecule has 0 aliphatic carbocycles. The van der Waals surface area contributed by atoms with E-state index in [2.05, 4.69) is 43.6 Å². The van der Waals surface area contributed by atoms with Gasteiger partial charge in [-0.3, -0.25) is 9.78 Å². The molecule has 2 N–H and O–H groups in total. The number of nitrogens with one attached hydrogen (secondary N) is 1. The Morgan fingerprint density at radius 2 is 1.85 bits per heavy atom. The molecule has 10 nitrogen and oxygen atoms in total. The zero-order valence-electron chi connectivity index (χ0n) is 17.8. The molecule has 4 aromatic rings. The van der Waals surface area contributed by atoms with Gasteiger partial charge in [-0.15, -0.1) is 5.10 Å². The molecule has 0 aliphatic rings. The first-order chi connectivity index (χ1) is 16.0. The Kier molecular flexibility index (Phi) is 6.31. The molecule has 3 aromatic heterocycles. The van der Waals surface area contributed by atoms with Gasteiger partial charge in [-0.2, -0.15) is 5.26 Å². The molecular formula is C23H20N8O2. The molecule has 0 spiro atoms. The van der Waals surface area contributed by atoms with Gasteiger partial charge in [0.2, 0.25) is 5.95 Å². The highest BCUT2D eigenvalue weighted by atomic mass is 16.4. The number of rotatable bonds is 8.